The molecule has 0 fully saturated rings. The highest BCUT2D eigenvalue weighted by molar-refractivity contribution is 9.10. The standard InChI is InChI=1S/C25H26BrN3O5S/c1-4-22(18-13-14-23(33-2)24(15-18)34-3)27-28-25(30)17-29(20-10-8-9-19(26)16-20)35(31,32)21-11-6-5-7-12-21/h5-16H,4,17H2,1-3H3,(H,28,30)/b27-22-. The third-order valence-electron chi connectivity index (χ3n) is 5.08. The van der Waals surface area contributed by atoms with E-state index in [4.69, 9.17) is 9.47 Å². The van der Waals surface area contributed by atoms with E-state index in [9.17, 15) is 13.2 Å². The SMILES string of the molecule is CC/C(=N/NC(=O)CN(c1cccc(Br)c1)S(=O)(=O)c1ccccc1)c1ccc(OC)c(OC)c1. The molecular weight excluding hydrogens is 534 g/mol. The molecule has 3 aromatic carbocycles. The summed E-state index contributed by atoms with van der Waals surface area (Å²) in [6, 6.07) is 20.0. The van der Waals surface area contributed by atoms with Gasteiger partial charge >= 0.3 is 0 Å². The Morgan fingerprint density at radius 1 is 0.971 bits per heavy atom. The Kier molecular flexibility index (Phi) is 8.89. The van der Waals surface area contributed by atoms with Crippen LogP contribution in [0.4, 0.5) is 5.69 Å². The largest absolute Gasteiger partial charge is 0.493 e. The molecule has 0 bridgehead atoms. The minimum absolute atomic E-state index is 0.0795. The van der Waals surface area contributed by atoms with E-state index in [1.807, 2.05) is 13.0 Å². The zero-order valence-electron chi connectivity index (χ0n) is 19.6. The molecule has 35 heavy (non-hydrogen) atoms. The maximum Gasteiger partial charge on any atom is 0.264 e. The van der Waals surface area contributed by atoms with Crippen molar-refractivity contribution < 1.29 is 22.7 Å². The van der Waals surface area contributed by atoms with Crippen LogP contribution in [-0.2, 0) is 14.8 Å². The van der Waals surface area contributed by atoms with Gasteiger partial charge in [-0.05, 0) is 55.0 Å². The summed E-state index contributed by atoms with van der Waals surface area (Å²) in [6.07, 6.45) is 0.521. The fourth-order valence-electron chi connectivity index (χ4n) is 3.33. The molecule has 1 amide bonds. The smallest absolute Gasteiger partial charge is 0.264 e. The summed E-state index contributed by atoms with van der Waals surface area (Å²) in [5.74, 6) is 0.523. The highest BCUT2D eigenvalue weighted by Gasteiger charge is 2.27. The third kappa shape index (κ3) is 6.40. The van der Waals surface area contributed by atoms with Gasteiger partial charge in [0.25, 0.3) is 15.9 Å². The maximum atomic E-state index is 13.4. The van der Waals surface area contributed by atoms with Crippen LogP contribution in [0.15, 0.2) is 87.3 Å². The molecule has 0 atom stereocenters. The lowest BCUT2D eigenvalue weighted by molar-refractivity contribution is -0.119. The van der Waals surface area contributed by atoms with Crippen LogP contribution in [0.5, 0.6) is 11.5 Å². The average molecular weight is 560 g/mol. The van der Waals surface area contributed by atoms with Gasteiger partial charge in [-0.25, -0.2) is 13.8 Å². The number of hydrogen-bond acceptors (Lipinski definition) is 6. The summed E-state index contributed by atoms with van der Waals surface area (Å²) >= 11 is 3.36. The number of carbonyl (C=O) groups excluding carboxylic acids is 1. The van der Waals surface area contributed by atoms with Crippen molar-refractivity contribution in [3.05, 3.63) is 82.8 Å². The highest BCUT2D eigenvalue weighted by Crippen LogP contribution is 2.28. The van der Waals surface area contributed by atoms with Gasteiger partial charge in [0.15, 0.2) is 11.5 Å². The predicted molar refractivity (Wildman–Crippen MR) is 140 cm³/mol. The first-order chi connectivity index (χ1) is 16.8. The van der Waals surface area contributed by atoms with Crippen molar-refractivity contribution in [2.24, 2.45) is 5.10 Å². The van der Waals surface area contributed by atoms with E-state index >= 15 is 0 Å². The van der Waals surface area contributed by atoms with Crippen molar-refractivity contribution in [3.63, 3.8) is 0 Å². The summed E-state index contributed by atoms with van der Waals surface area (Å²) in [6.45, 7) is 1.44. The molecule has 0 aliphatic rings. The topological polar surface area (TPSA) is 97.3 Å². The van der Waals surface area contributed by atoms with Crippen molar-refractivity contribution in [3.8, 4) is 11.5 Å². The number of amides is 1. The number of anilines is 1. The van der Waals surface area contributed by atoms with Gasteiger partial charge in [0.05, 0.1) is 30.5 Å². The number of rotatable bonds is 10. The summed E-state index contributed by atoms with van der Waals surface area (Å²) in [5, 5.41) is 4.25. The van der Waals surface area contributed by atoms with Gasteiger partial charge < -0.3 is 9.47 Å². The Balaban J connectivity index is 1.88. The van der Waals surface area contributed by atoms with Gasteiger partial charge in [0, 0.05) is 10.0 Å². The first-order valence-corrected chi connectivity index (χ1v) is 12.9. The minimum atomic E-state index is -4.01. The molecule has 3 rings (SSSR count). The van der Waals surface area contributed by atoms with Crippen LogP contribution in [-0.4, -0.2) is 40.8 Å². The summed E-state index contributed by atoms with van der Waals surface area (Å²) < 4.78 is 39.1. The normalized spacial score (nSPS) is 11.6. The van der Waals surface area contributed by atoms with Gasteiger partial charge in [-0.1, -0.05) is 47.1 Å². The number of sulfonamides is 1. The van der Waals surface area contributed by atoms with Gasteiger partial charge in [-0.3, -0.25) is 9.10 Å². The van der Waals surface area contributed by atoms with E-state index in [-0.39, 0.29) is 4.90 Å². The number of methoxy groups -OCH3 is 2. The van der Waals surface area contributed by atoms with Crippen molar-refractivity contribution in [1.82, 2.24) is 5.43 Å². The number of hydrazone groups is 1. The molecule has 0 aliphatic carbocycles. The highest BCUT2D eigenvalue weighted by atomic mass is 79.9. The van der Waals surface area contributed by atoms with E-state index in [1.54, 1.807) is 61.7 Å². The van der Waals surface area contributed by atoms with Crippen molar-refractivity contribution in [1.29, 1.82) is 0 Å². The Morgan fingerprint density at radius 2 is 1.69 bits per heavy atom. The maximum absolute atomic E-state index is 13.4. The molecule has 0 heterocycles. The van der Waals surface area contributed by atoms with Crippen LogP contribution in [0.25, 0.3) is 0 Å². The van der Waals surface area contributed by atoms with E-state index in [0.717, 1.165) is 9.87 Å². The number of halogens is 1. The molecule has 1 N–H and O–H groups in total. The number of benzene rings is 3. The lowest BCUT2D eigenvalue weighted by Crippen LogP contribution is -2.39. The summed E-state index contributed by atoms with van der Waals surface area (Å²) in [5.41, 5.74) is 4.18. The molecule has 8 nitrogen and oxygen atoms in total. The number of ether oxygens (including phenoxy) is 2. The van der Waals surface area contributed by atoms with Crippen LogP contribution in [0.1, 0.15) is 18.9 Å². The van der Waals surface area contributed by atoms with Crippen LogP contribution in [0.3, 0.4) is 0 Å². The molecule has 0 saturated heterocycles. The van der Waals surface area contributed by atoms with Gasteiger partial charge in [0.2, 0.25) is 0 Å². The van der Waals surface area contributed by atoms with Crippen LogP contribution < -0.4 is 19.2 Å². The molecule has 10 heteroatoms. The fourth-order valence-corrected chi connectivity index (χ4v) is 5.15. The van der Waals surface area contributed by atoms with Gasteiger partial charge in [-0.2, -0.15) is 5.10 Å². The molecular formula is C25H26BrN3O5S. The molecule has 0 aliphatic heterocycles. The van der Waals surface area contributed by atoms with E-state index < -0.39 is 22.5 Å². The Labute approximate surface area is 213 Å². The van der Waals surface area contributed by atoms with Crippen LogP contribution >= 0.6 is 15.9 Å². The number of carbonyl (C=O) groups is 1. The van der Waals surface area contributed by atoms with Crippen LogP contribution in [0.2, 0.25) is 0 Å². The van der Waals surface area contributed by atoms with E-state index in [2.05, 4.69) is 26.5 Å². The second-order valence-electron chi connectivity index (χ2n) is 7.32. The van der Waals surface area contributed by atoms with E-state index in [1.165, 1.54) is 19.2 Å². The van der Waals surface area contributed by atoms with Crippen molar-refractivity contribution in [2.45, 2.75) is 18.2 Å². The number of nitrogens with zero attached hydrogens (tertiary/aromatic N) is 2. The lowest BCUT2D eigenvalue weighted by atomic mass is 10.1. The molecule has 0 aromatic heterocycles. The molecule has 184 valence electrons. The molecule has 0 spiro atoms. The summed E-state index contributed by atoms with van der Waals surface area (Å²) in [7, 11) is -0.920. The van der Waals surface area contributed by atoms with Gasteiger partial charge in [0.1, 0.15) is 6.54 Å². The number of nitrogens with one attached hydrogen (secondary N) is 1. The van der Waals surface area contributed by atoms with Gasteiger partial charge in [-0.15, -0.1) is 0 Å². The first-order valence-electron chi connectivity index (χ1n) is 10.7. The van der Waals surface area contributed by atoms with Crippen molar-refractivity contribution in [2.75, 3.05) is 25.1 Å². The summed E-state index contributed by atoms with van der Waals surface area (Å²) in [4.78, 5) is 13.0. The second kappa shape index (κ2) is 11.9. The second-order valence-corrected chi connectivity index (χ2v) is 10.1. The minimum Gasteiger partial charge on any atom is -0.493 e. The fraction of sp³-hybridized carbons (Fsp3) is 0.200. The Morgan fingerprint density at radius 3 is 2.31 bits per heavy atom. The van der Waals surface area contributed by atoms with Crippen molar-refractivity contribution >= 4 is 43.3 Å². The van der Waals surface area contributed by atoms with E-state index in [0.29, 0.717) is 33.8 Å². The molecule has 3 aromatic rings. The monoisotopic (exact) mass is 559 g/mol. The quantitative estimate of drug-likeness (QED) is 0.289. The average Bonchev–Trinajstić information content (AvgIpc) is 2.87. The lowest BCUT2D eigenvalue weighted by Gasteiger charge is -2.24. The van der Waals surface area contributed by atoms with Crippen LogP contribution in [0, 0.1) is 0 Å². The molecule has 0 radical (unpaired) electrons. The predicted octanol–water partition coefficient (Wildman–Crippen LogP) is 4.59. The Hall–Kier alpha value is -3.37. The first kappa shape index (κ1) is 26.2. The molecule has 0 saturated carbocycles. The Bertz CT molecular complexity index is 1310. The zero-order valence-corrected chi connectivity index (χ0v) is 22.0. The number of hydrogen-bond donors (Lipinski definition) is 1. The zero-order chi connectivity index (χ0) is 25.4. The molecule has 0 unspecified atom stereocenters. The third-order valence-corrected chi connectivity index (χ3v) is 7.36.